The zero-order valence-electron chi connectivity index (χ0n) is 13.7. The highest BCUT2D eigenvalue weighted by Gasteiger charge is 2.38. The molecule has 0 heterocycles. The topological polar surface area (TPSA) is 29.1 Å². The Kier molecular flexibility index (Phi) is 5.17. The Hall–Kier alpha value is -1.31. The second-order valence-corrected chi connectivity index (χ2v) is 7.32. The molecule has 2 saturated carbocycles. The SMILES string of the molecule is O=C(CCC1CCCCC1)NCC1(c2ccccc2)CCC1. The molecule has 2 heteroatoms. The first-order chi connectivity index (χ1) is 10.8. The van der Waals surface area contributed by atoms with Crippen LogP contribution in [0.4, 0.5) is 0 Å². The van der Waals surface area contributed by atoms with Gasteiger partial charge < -0.3 is 5.32 Å². The first-order valence-corrected chi connectivity index (χ1v) is 9.11. The normalized spacial score (nSPS) is 21.1. The molecule has 0 unspecified atom stereocenters. The number of nitrogens with one attached hydrogen (secondary N) is 1. The molecule has 22 heavy (non-hydrogen) atoms. The van der Waals surface area contributed by atoms with Crippen LogP contribution in [-0.4, -0.2) is 12.5 Å². The zero-order valence-corrected chi connectivity index (χ0v) is 13.7. The predicted octanol–water partition coefficient (Wildman–Crippen LogP) is 4.59. The van der Waals surface area contributed by atoms with E-state index >= 15 is 0 Å². The van der Waals surface area contributed by atoms with Crippen molar-refractivity contribution in [2.75, 3.05) is 6.54 Å². The second kappa shape index (κ2) is 7.30. The summed E-state index contributed by atoms with van der Waals surface area (Å²) >= 11 is 0. The molecule has 0 aromatic heterocycles. The molecule has 2 fully saturated rings. The molecule has 1 aromatic rings. The number of carbonyl (C=O) groups excluding carboxylic acids is 1. The summed E-state index contributed by atoms with van der Waals surface area (Å²) in [6.45, 7) is 0.820. The average molecular weight is 299 g/mol. The van der Waals surface area contributed by atoms with Gasteiger partial charge in [0.1, 0.15) is 0 Å². The number of benzene rings is 1. The Morgan fingerprint density at radius 2 is 1.77 bits per heavy atom. The van der Waals surface area contributed by atoms with Gasteiger partial charge in [0.2, 0.25) is 5.91 Å². The number of rotatable bonds is 6. The fourth-order valence-corrected chi connectivity index (χ4v) is 4.13. The maximum atomic E-state index is 12.2. The van der Waals surface area contributed by atoms with Crippen LogP contribution in [0.5, 0.6) is 0 Å². The van der Waals surface area contributed by atoms with Crippen molar-refractivity contribution in [3.63, 3.8) is 0 Å². The first-order valence-electron chi connectivity index (χ1n) is 9.11. The summed E-state index contributed by atoms with van der Waals surface area (Å²) in [5.74, 6) is 1.05. The maximum Gasteiger partial charge on any atom is 0.220 e. The Bertz CT molecular complexity index is 472. The number of hydrogen-bond donors (Lipinski definition) is 1. The lowest BCUT2D eigenvalue weighted by molar-refractivity contribution is -0.121. The minimum absolute atomic E-state index is 0.210. The van der Waals surface area contributed by atoms with Gasteiger partial charge in [-0.25, -0.2) is 0 Å². The van der Waals surface area contributed by atoms with Crippen LogP contribution in [0, 0.1) is 5.92 Å². The van der Waals surface area contributed by atoms with Crippen molar-refractivity contribution in [2.24, 2.45) is 5.92 Å². The van der Waals surface area contributed by atoms with Crippen LogP contribution in [0.1, 0.15) is 69.8 Å². The fraction of sp³-hybridized carbons (Fsp3) is 0.650. The Morgan fingerprint density at radius 3 is 2.41 bits per heavy atom. The number of hydrogen-bond acceptors (Lipinski definition) is 1. The highest BCUT2D eigenvalue weighted by Crippen LogP contribution is 2.43. The third-order valence-electron chi connectivity index (χ3n) is 5.83. The summed E-state index contributed by atoms with van der Waals surface area (Å²) in [6.07, 6.45) is 12.3. The molecular formula is C20H29NO. The molecule has 0 spiro atoms. The van der Waals surface area contributed by atoms with E-state index < -0.39 is 0 Å². The Morgan fingerprint density at radius 1 is 1.05 bits per heavy atom. The summed E-state index contributed by atoms with van der Waals surface area (Å²) in [5, 5.41) is 3.22. The van der Waals surface area contributed by atoms with Gasteiger partial charge in [0.15, 0.2) is 0 Å². The third-order valence-corrected chi connectivity index (χ3v) is 5.83. The van der Waals surface area contributed by atoms with Gasteiger partial charge in [0.25, 0.3) is 0 Å². The molecule has 0 aliphatic heterocycles. The summed E-state index contributed by atoms with van der Waals surface area (Å²) in [4.78, 5) is 12.2. The molecule has 0 atom stereocenters. The van der Waals surface area contributed by atoms with E-state index in [1.807, 2.05) is 0 Å². The van der Waals surface area contributed by atoms with Crippen LogP contribution in [0.15, 0.2) is 30.3 Å². The molecule has 0 saturated heterocycles. The molecule has 2 aliphatic rings. The molecule has 120 valence electrons. The first kappa shape index (κ1) is 15.6. The van der Waals surface area contributed by atoms with E-state index in [1.54, 1.807) is 0 Å². The molecular weight excluding hydrogens is 270 g/mol. The van der Waals surface area contributed by atoms with Gasteiger partial charge in [0.05, 0.1) is 0 Å². The molecule has 1 amide bonds. The zero-order chi connectivity index (χ0) is 15.3. The highest BCUT2D eigenvalue weighted by atomic mass is 16.1. The molecule has 0 radical (unpaired) electrons. The van der Waals surface area contributed by atoms with E-state index in [1.165, 1.54) is 56.9 Å². The predicted molar refractivity (Wildman–Crippen MR) is 90.8 cm³/mol. The second-order valence-electron chi connectivity index (χ2n) is 7.32. The van der Waals surface area contributed by atoms with Crippen LogP contribution in [-0.2, 0) is 10.2 Å². The monoisotopic (exact) mass is 299 g/mol. The van der Waals surface area contributed by atoms with Gasteiger partial charge >= 0.3 is 0 Å². The van der Waals surface area contributed by atoms with Crippen molar-refractivity contribution in [1.82, 2.24) is 5.32 Å². The van der Waals surface area contributed by atoms with Gasteiger partial charge in [-0.15, -0.1) is 0 Å². The number of amides is 1. The van der Waals surface area contributed by atoms with Gasteiger partial charge in [-0.3, -0.25) is 4.79 Å². The van der Waals surface area contributed by atoms with Crippen molar-refractivity contribution < 1.29 is 4.79 Å². The molecule has 2 aliphatic carbocycles. The molecule has 1 N–H and O–H groups in total. The van der Waals surface area contributed by atoms with Gasteiger partial charge in [-0.05, 0) is 30.7 Å². The van der Waals surface area contributed by atoms with Crippen LogP contribution < -0.4 is 5.32 Å². The van der Waals surface area contributed by atoms with E-state index in [2.05, 4.69) is 35.6 Å². The van der Waals surface area contributed by atoms with E-state index in [-0.39, 0.29) is 11.3 Å². The minimum Gasteiger partial charge on any atom is -0.355 e. The van der Waals surface area contributed by atoms with Crippen molar-refractivity contribution in [2.45, 2.75) is 69.6 Å². The smallest absolute Gasteiger partial charge is 0.220 e. The lowest BCUT2D eigenvalue weighted by atomic mass is 9.64. The Labute approximate surface area is 134 Å². The molecule has 1 aromatic carbocycles. The molecule has 2 nitrogen and oxygen atoms in total. The largest absolute Gasteiger partial charge is 0.355 e. The highest BCUT2D eigenvalue weighted by molar-refractivity contribution is 5.76. The van der Waals surface area contributed by atoms with Crippen LogP contribution >= 0.6 is 0 Å². The third kappa shape index (κ3) is 3.71. The maximum absolute atomic E-state index is 12.2. The van der Waals surface area contributed by atoms with E-state index in [0.717, 1.165) is 25.3 Å². The van der Waals surface area contributed by atoms with Crippen molar-refractivity contribution in [1.29, 1.82) is 0 Å². The van der Waals surface area contributed by atoms with Crippen LogP contribution in [0.3, 0.4) is 0 Å². The van der Waals surface area contributed by atoms with Gasteiger partial charge in [-0.1, -0.05) is 68.9 Å². The van der Waals surface area contributed by atoms with Crippen molar-refractivity contribution >= 4 is 5.91 Å². The van der Waals surface area contributed by atoms with Gasteiger partial charge in [-0.2, -0.15) is 0 Å². The van der Waals surface area contributed by atoms with Crippen LogP contribution in [0.25, 0.3) is 0 Å². The quantitative estimate of drug-likeness (QED) is 0.818. The number of carbonyl (C=O) groups is 1. The lowest BCUT2D eigenvalue weighted by Gasteiger charge is -2.42. The fourth-order valence-electron chi connectivity index (χ4n) is 4.13. The van der Waals surface area contributed by atoms with Crippen molar-refractivity contribution in [3.8, 4) is 0 Å². The average Bonchev–Trinajstić information content (AvgIpc) is 2.54. The van der Waals surface area contributed by atoms with E-state index in [0.29, 0.717) is 0 Å². The summed E-state index contributed by atoms with van der Waals surface area (Å²) in [7, 11) is 0. The summed E-state index contributed by atoms with van der Waals surface area (Å²) in [5.41, 5.74) is 1.61. The Balaban J connectivity index is 1.45. The molecule has 3 rings (SSSR count). The van der Waals surface area contributed by atoms with Gasteiger partial charge in [0, 0.05) is 18.4 Å². The minimum atomic E-state index is 0.210. The van der Waals surface area contributed by atoms with E-state index in [4.69, 9.17) is 0 Å². The van der Waals surface area contributed by atoms with Crippen molar-refractivity contribution in [3.05, 3.63) is 35.9 Å². The standard InChI is InChI=1S/C20H29NO/c22-19(13-12-17-8-3-1-4-9-17)21-16-20(14-7-15-20)18-10-5-2-6-11-18/h2,5-6,10-11,17H,1,3-4,7-9,12-16H2,(H,21,22). The lowest BCUT2D eigenvalue weighted by Crippen LogP contribution is -2.45. The van der Waals surface area contributed by atoms with Crippen LogP contribution in [0.2, 0.25) is 0 Å². The molecule has 0 bridgehead atoms. The summed E-state index contributed by atoms with van der Waals surface area (Å²) < 4.78 is 0. The summed E-state index contributed by atoms with van der Waals surface area (Å²) in [6, 6.07) is 10.7. The van der Waals surface area contributed by atoms with E-state index in [9.17, 15) is 4.79 Å².